The lowest BCUT2D eigenvalue weighted by molar-refractivity contribution is 0.421. The van der Waals surface area contributed by atoms with Crippen molar-refractivity contribution in [2.45, 2.75) is 6.92 Å². The number of aryl methyl sites for hydroxylation is 1. The summed E-state index contributed by atoms with van der Waals surface area (Å²) < 4.78 is 5.11. The Morgan fingerprint density at radius 2 is 1.86 bits per heavy atom. The van der Waals surface area contributed by atoms with Gasteiger partial charge in [-0.05, 0) is 18.6 Å². The van der Waals surface area contributed by atoms with Gasteiger partial charge in [0.25, 0.3) is 0 Å². The van der Waals surface area contributed by atoms with Crippen molar-refractivity contribution in [1.82, 2.24) is 9.97 Å². The highest BCUT2D eigenvalue weighted by atomic mass is 16.3. The predicted octanol–water partition coefficient (Wildman–Crippen LogP) is 1.46. The van der Waals surface area contributed by atoms with Gasteiger partial charge in [-0.2, -0.15) is 9.97 Å². The predicted molar refractivity (Wildman–Crippen MR) is 47.8 cm³/mol. The quantitative estimate of drug-likeness (QED) is 0.714. The SMILES string of the molecule is Cc1ccoc1-c1nc(O)cc(O)n1. The van der Waals surface area contributed by atoms with Crippen molar-refractivity contribution >= 4 is 0 Å². The number of aromatic hydroxyl groups is 2. The number of hydrogen-bond acceptors (Lipinski definition) is 5. The van der Waals surface area contributed by atoms with Crippen LogP contribution in [0.25, 0.3) is 11.6 Å². The molecule has 14 heavy (non-hydrogen) atoms. The Bertz CT molecular complexity index is 445. The monoisotopic (exact) mass is 192 g/mol. The van der Waals surface area contributed by atoms with Gasteiger partial charge in [-0.1, -0.05) is 0 Å². The van der Waals surface area contributed by atoms with Gasteiger partial charge in [-0.15, -0.1) is 0 Å². The van der Waals surface area contributed by atoms with Crippen molar-refractivity contribution in [3.05, 3.63) is 24.0 Å². The molecule has 5 nitrogen and oxygen atoms in total. The summed E-state index contributed by atoms with van der Waals surface area (Å²) >= 11 is 0. The average Bonchev–Trinajstić information content (AvgIpc) is 2.49. The molecule has 0 bridgehead atoms. The average molecular weight is 192 g/mol. The van der Waals surface area contributed by atoms with E-state index in [1.54, 1.807) is 6.07 Å². The largest absolute Gasteiger partial charge is 0.493 e. The molecule has 0 amide bonds. The minimum atomic E-state index is -0.289. The first-order chi connectivity index (χ1) is 6.66. The number of nitrogens with zero attached hydrogens (tertiary/aromatic N) is 2. The van der Waals surface area contributed by atoms with E-state index in [9.17, 15) is 0 Å². The molecule has 0 aliphatic rings. The Kier molecular flexibility index (Phi) is 1.85. The van der Waals surface area contributed by atoms with Gasteiger partial charge in [0, 0.05) is 0 Å². The normalized spacial score (nSPS) is 10.4. The summed E-state index contributed by atoms with van der Waals surface area (Å²) in [6, 6.07) is 2.81. The van der Waals surface area contributed by atoms with Crippen LogP contribution in [-0.4, -0.2) is 20.2 Å². The van der Waals surface area contributed by atoms with Gasteiger partial charge in [0.2, 0.25) is 17.6 Å². The molecule has 0 saturated carbocycles. The first kappa shape index (κ1) is 8.55. The molecule has 0 spiro atoms. The smallest absolute Gasteiger partial charge is 0.218 e. The molecule has 0 saturated heterocycles. The third-order valence-corrected chi connectivity index (χ3v) is 1.76. The van der Waals surface area contributed by atoms with E-state index in [0.717, 1.165) is 11.6 Å². The highest BCUT2D eigenvalue weighted by Gasteiger charge is 2.10. The molecule has 0 aliphatic carbocycles. The van der Waals surface area contributed by atoms with Gasteiger partial charge >= 0.3 is 0 Å². The highest BCUT2D eigenvalue weighted by Crippen LogP contribution is 2.24. The van der Waals surface area contributed by atoms with E-state index in [2.05, 4.69) is 9.97 Å². The fraction of sp³-hybridized carbons (Fsp3) is 0.111. The van der Waals surface area contributed by atoms with Crippen molar-refractivity contribution in [2.75, 3.05) is 0 Å². The highest BCUT2D eigenvalue weighted by molar-refractivity contribution is 5.53. The van der Waals surface area contributed by atoms with Crippen LogP contribution in [0, 0.1) is 6.92 Å². The van der Waals surface area contributed by atoms with Crippen molar-refractivity contribution in [2.24, 2.45) is 0 Å². The lowest BCUT2D eigenvalue weighted by Gasteiger charge is -1.98. The van der Waals surface area contributed by atoms with Gasteiger partial charge in [-0.25, -0.2) is 0 Å². The van der Waals surface area contributed by atoms with Gasteiger partial charge < -0.3 is 14.6 Å². The van der Waals surface area contributed by atoms with E-state index in [4.69, 9.17) is 14.6 Å². The van der Waals surface area contributed by atoms with Crippen LogP contribution in [-0.2, 0) is 0 Å². The second-order valence-electron chi connectivity index (χ2n) is 2.84. The van der Waals surface area contributed by atoms with E-state index < -0.39 is 0 Å². The molecule has 0 atom stereocenters. The van der Waals surface area contributed by atoms with Crippen molar-refractivity contribution in [3.63, 3.8) is 0 Å². The lowest BCUT2D eigenvalue weighted by Crippen LogP contribution is -1.88. The molecule has 2 aromatic rings. The maximum absolute atomic E-state index is 9.13. The lowest BCUT2D eigenvalue weighted by atomic mass is 10.3. The summed E-state index contributed by atoms with van der Waals surface area (Å²) in [4.78, 5) is 7.46. The van der Waals surface area contributed by atoms with E-state index in [1.807, 2.05) is 6.92 Å². The maximum Gasteiger partial charge on any atom is 0.218 e. The summed E-state index contributed by atoms with van der Waals surface area (Å²) in [5.41, 5.74) is 0.843. The topological polar surface area (TPSA) is 79.4 Å². The molecule has 2 heterocycles. The molecule has 2 aromatic heterocycles. The standard InChI is InChI=1S/C9H8N2O3/c1-5-2-3-14-8(5)9-10-6(12)4-7(13)11-9/h2-4H,1H3,(H2,10,11,12,13). The summed E-state index contributed by atoms with van der Waals surface area (Å²) in [7, 11) is 0. The van der Waals surface area contributed by atoms with Crippen LogP contribution in [0.2, 0.25) is 0 Å². The van der Waals surface area contributed by atoms with Crippen molar-refractivity contribution < 1.29 is 14.6 Å². The first-order valence-corrected chi connectivity index (χ1v) is 3.98. The van der Waals surface area contributed by atoms with Crippen LogP contribution < -0.4 is 0 Å². The number of hydrogen-bond donors (Lipinski definition) is 2. The summed E-state index contributed by atoms with van der Waals surface area (Å²) in [5, 5.41) is 18.3. The summed E-state index contributed by atoms with van der Waals surface area (Å²) in [6.07, 6.45) is 1.50. The van der Waals surface area contributed by atoms with E-state index in [1.165, 1.54) is 6.26 Å². The Balaban J connectivity index is 2.57. The first-order valence-electron chi connectivity index (χ1n) is 3.98. The van der Waals surface area contributed by atoms with Gasteiger partial charge in [-0.3, -0.25) is 0 Å². The molecule has 72 valence electrons. The van der Waals surface area contributed by atoms with Crippen molar-refractivity contribution in [1.29, 1.82) is 0 Å². The molecule has 5 heteroatoms. The summed E-state index contributed by atoms with van der Waals surface area (Å²) in [6.45, 7) is 1.82. The summed E-state index contributed by atoms with van der Waals surface area (Å²) in [5.74, 6) is 0.0350. The molecule has 2 N–H and O–H groups in total. The number of furan rings is 1. The van der Waals surface area contributed by atoms with Crippen molar-refractivity contribution in [3.8, 4) is 23.3 Å². The van der Waals surface area contributed by atoms with Gasteiger partial charge in [0.1, 0.15) is 0 Å². The maximum atomic E-state index is 9.13. The molecule has 0 fully saturated rings. The Hall–Kier alpha value is -2.04. The van der Waals surface area contributed by atoms with E-state index in [0.29, 0.717) is 5.76 Å². The van der Waals surface area contributed by atoms with Gasteiger partial charge in [0.15, 0.2) is 5.76 Å². The molecule has 0 radical (unpaired) electrons. The number of rotatable bonds is 1. The van der Waals surface area contributed by atoms with Crippen LogP contribution in [0.4, 0.5) is 0 Å². The molecule has 0 unspecified atom stereocenters. The fourth-order valence-electron chi connectivity index (χ4n) is 1.13. The Morgan fingerprint density at radius 1 is 1.21 bits per heavy atom. The second kappa shape index (κ2) is 3.02. The zero-order valence-corrected chi connectivity index (χ0v) is 7.43. The Morgan fingerprint density at radius 3 is 2.36 bits per heavy atom. The molecule has 0 aliphatic heterocycles. The molecular weight excluding hydrogens is 184 g/mol. The van der Waals surface area contributed by atoms with Crippen LogP contribution in [0.5, 0.6) is 11.8 Å². The molecule has 2 rings (SSSR count). The van der Waals surface area contributed by atoms with Gasteiger partial charge in [0.05, 0.1) is 12.3 Å². The number of aromatic nitrogens is 2. The molecule has 0 aromatic carbocycles. The Labute approximate surface area is 79.7 Å². The van der Waals surface area contributed by atoms with Crippen LogP contribution in [0.1, 0.15) is 5.56 Å². The zero-order chi connectivity index (χ0) is 10.1. The van der Waals surface area contributed by atoms with E-state index in [-0.39, 0.29) is 17.6 Å². The third-order valence-electron chi connectivity index (χ3n) is 1.76. The second-order valence-corrected chi connectivity index (χ2v) is 2.84. The minimum Gasteiger partial charge on any atom is -0.493 e. The molecular formula is C9H8N2O3. The minimum absolute atomic E-state index is 0.171. The zero-order valence-electron chi connectivity index (χ0n) is 7.43. The van der Waals surface area contributed by atoms with Crippen LogP contribution in [0.15, 0.2) is 22.8 Å². The van der Waals surface area contributed by atoms with E-state index >= 15 is 0 Å². The fourth-order valence-corrected chi connectivity index (χ4v) is 1.13. The third kappa shape index (κ3) is 1.39. The van der Waals surface area contributed by atoms with Crippen LogP contribution >= 0.6 is 0 Å². The van der Waals surface area contributed by atoms with Crippen LogP contribution in [0.3, 0.4) is 0 Å².